The van der Waals surface area contributed by atoms with Gasteiger partial charge in [-0.2, -0.15) is 0 Å². The maximum Gasteiger partial charge on any atom is 0.270 e. The number of hydrogen-bond acceptors (Lipinski definition) is 2. The van der Waals surface area contributed by atoms with E-state index in [2.05, 4.69) is 23.2 Å². The summed E-state index contributed by atoms with van der Waals surface area (Å²) in [5.41, 5.74) is 1.13. The fraction of sp³-hybridized carbons (Fsp3) is 0.0909. The molecular formula is C22H18N2O2. The van der Waals surface area contributed by atoms with Crippen molar-refractivity contribution >= 4 is 27.5 Å². The number of carbonyl (C=O) groups is 1. The smallest absolute Gasteiger partial charge is 0.270 e. The topological polar surface area (TPSA) is 53.2 Å². The summed E-state index contributed by atoms with van der Waals surface area (Å²) >= 11 is 0. The Kier molecular flexibility index (Phi) is 4.01. The lowest BCUT2D eigenvalue weighted by Gasteiger charge is -2.18. The van der Waals surface area contributed by atoms with E-state index >= 15 is 0 Å². The monoisotopic (exact) mass is 342 g/mol. The number of nitrogens with one attached hydrogen (secondary N) is 1. The molecule has 4 rings (SSSR count). The molecule has 0 bridgehead atoms. The Hall–Kier alpha value is -3.40. The highest BCUT2D eigenvalue weighted by Gasteiger charge is 2.15. The van der Waals surface area contributed by atoms with Crippen LogP contribution in [-0.2, 0) is 6.54 Å². The van der Waals surface area contributed by atoms with E-state index in [9.17, 15) is 9.59 Å². The third-order valence-corrected chi connectivity index (χ3v) is 4.62. The molecule has 0 aliphatic rings. The van der Waals surface area contributed by atoms with Gasteiger partial charge >= 0.3 is 0 Å². The highest BCUT2D eigenvalue weighted by atomic mass is 16.2. The predicted octanol–water partition coefficient (Wildman–Crippen LogP) is 3.95. The number of aromatic amines is 1. The van der Waals surface area contributed by atoms with Crippen LogP contribution in [-0.4, -0.2) is 22.8 Å². The van der Waals surface area contributed by atoms with Gasteiger partial charge in [-0.15, -0.1) is 0 Å². The van der Waals surface area contributed by atoms with Crippen molar-refractivity contribution in [3.63, 3.8) is 0 Å². The molecule has 0 fully saturated rings. The minimum absolute atomic E-state index is 0.208. The molecule has 0 aliphatic heterocycles. The van der Waals surface area contributed by atoms with Crippen molar-refractivity contribution in [3.8, 4) is 0 Å². The first kappa shape index (κ1) is 16.1. The van der Waals surface area contributed by atoms with Gasteiger partial charge in [0.25, 0.3) is 11.5 Å². The quantitative estimate of drug-likeness (QED) is 0.613. The lowest BCUT2D eigenvalue weighted by Crippen LogP contribution is -2.28. The number of fused-ring (bicyclic) bond motifs is 2. The third kappa shape index (κ3) is 2.86. The number of H-pyrrole nitrogens is 1. The van der Waals surface area contributed by atoms with Crippen LogP contribution >= 0.6 is 0 Å². The first-order valence-electron chi connectivity index (χ1n) is 8.47. The highest BCUT2D eigenvalue weighted by Crippen LogP contribution is 2.20. The predicted molar refractivity (Wildman–Crippen MR) is 104 cm³/mol. The van der Waals surface area contributed by atoms with Crippen molar-refractivity contribution in [2.24, 2.45) is 0 Å². The van der Waals surface area contributed by atoms with Gasteiger partial charge in [-0.05, 0) is 33.9 Å². The van der Waals surface area contributed by atoms with Crippen LogP contribution in [0.1, 0.15) is 16.1 Å². The van der Waals surface area contributed by atoms with E-state index in [-0.39, 0.29) is 11.5 Å². The standard InChI is InChI=1S/C22H18N2O2/c1-24(14-17-10-6-9-15-7-2-4-11-18(15)17)22(26)20-13-16-8-3-5-12-19(16)21(25)23-20/h2-13H,14H2,1H3,(H,23,25). The molecule has 4 heteroatoms. The molecule has 0 saturated heterocycles. The van der Waals surface area contributed by atoms with Crippen molar-refractivity contribution in [2.75, 3.05) is 7.05 Å². The molecule has 128 valence electrons. The van der Waals surface area contributed by atoms with E-state index in [1.807, 2.05) is 42.5 Å². The van der Waals surface area contributed by atoms with Crippen LogP contribution in [0.4, 0.5) is 0 Å². The summed E-state index contributed by atoms with van der Waals surface area (Å²) in [6.07, 6.45) is 0. The van der Waals surface area contributed by atoms with Crippen LogP contribution in [0.5, 0.6) is 0 Å². The molecule has 0 aliphatic carbocycles. The molecule has 0 saturated carbocycles. The van der Waals surface area contributed by atoms with E-state index in [4.69, 9.17) is 0 Å². The second-order valence-electron chi connectivity index (χ2n) is 6.40. The summed E-state index contributed by atoms with van der Waals surface area (Å²) in [4.78, 5) is 29.4. The maximum atomic E-state index is 12.8. The van der Waals surface area contributed by atoms with Crippen LogP contribution in [0.3, 0.4) is 0 Å². The van der Waals surface area contributed by atoms with Crippen molar-refractivity contribution in [1.82, 2.24) is 9.88 Å². The minimum atomic E-state index is -0.245. The number of hydrogen-bond donors (Lipinski definition) is 1. The average Bonchev–Trinajstić information content (AvgIpc) is 2.67. The molecule has 1 heterocycles. The van der Waals surface area contributed by atoms with Crippen LogP contribution in [0.2, 0.25) is 0 Å². The number of carbonyl (C=O) groups excluding carboxylic acids is 1. The first-order valence-corrected chi connectivity index (χ1v) is 8.47. The Morgan fingerprint density at radius 3 is 2.35 bits per heavy atom. The van der Waals surface area contributed by atoms with Crippen molar-refractivity contribution in [2.45, 2.75) is 6.54 Å². The summed E-state index contributed by atoms with van der Waals surface area (Å²) in [5, 5.41) is 3.62. The van der Waals surface area contributed by atoms with Crippen molar-refractivity contribution in [1.29, 1.82) is 0 Å². The molecule has 26 heavy (non-hydrogen) atoms. The van der Waals surface area contributed by atoms with E-state index in [0.29, 0.717) is 17.6 Å². The lowest BCUT2D eigenvalue weighted by atomic mass is 10.0. The van der Waals surface area contributed by atoms with E-state index < -0.39 is 0 Å². The second-order valence-corrected chi connectivity index (χ2v) is 6.40. The SMILES string of the molecule is CN(Cc1cccc2ccccc12)C(=O)c1cc2ccccc2c(=O)[nH]1. The first-order chi connectivity index (χ1) is 12.6. The van der Waals surface area contributed by atoms with Crippen molar-refractivity contribution < 1.29 is 4.79 Å². The summed E-state index contributed by atoms with van der Waals surface area (Å²) in [6.45, 7) is 0.467. The van der Waals surface area contributed by atoms with Crippen molar-refractivity contribution in [3.05, 3.63) is 94.4 Å². The van der Waals surface area contributed by atoms with E-state index in [0.717, 1.165) is 21.7 Å². The van der Waals surface area contributed by atoms with Gasteiger partial charge in [0.2, 0.25) is 0 Å². The zero-order valence-electron chi connectivity index (χ0n) is 14.4. The summed E-state index contributed by atoms with van der Waals surface area (Å²) in [6, 6.07) is 23.2. The fourth-order valence-electron chi connectivity index (χ4n) is 3.29. The number of pyridine rings is 1. The van der Waals surface area contributed by atoms with E-state index in [1.54, 1.807) is 24.1 Å². The van der Waals surface area contributed by atoms with Crippen LogP contribution in [0.25, 0.3) is 21.5 Å². The van der Waals surface area contributed by atoms with Crippen LogP contribution in [0.15, 0.2) is 77.6 Å². The van der Waals surface area contributed by atoms with Gasteiger partial charge < -0.3 is 9.88 Å². The molecule has 4 nitrogen and oxygen atoms in total. The normalized spacial score (nSPS) is 11.0. The molecule has 1 N–H and O–H groups in total. The van der Waals surface area contributed by atoms with Gasteiger partial charge in [0, 0.05) is 19.0 Å². The summed E-state index contributed by atoms with van der Waals surface area (Å²) < 4.78 is 0. The molecule has 1 aromatic heterocycles. The van der Waals surface area contributed by atoms with Crippen LogP contribution < -0.4 is 5.56 Å². The number of benzene rings is 3. The largest absolute Gasteiger partial charge is 0.336 e. The maximum absolute atomic E-state index is 12.8. The summed E-state index contributed by atoms with van der Waals surface area (Å²) in [5.74, 6) is -0.208. The number of nitrogens with zero attached hydrogens (tertiary/aromatic N) is 1. The Bertz CT molecular complexity index is 1170. The fourth-order valence-corrected chi connectivity index (χ4v) is 3.29. The Balaban J connectivity index is 1.67. The average molecular weight is 342 g/mol. The zero-order valence-corrected chi connectivity index (χ0v) is 14.4. The molecule has 1 amide bonds. The van der Waals surface area contributed by atoms with Gasteiger partial charge in [0.15, 0.2) is 0 Å². The molecule has 0 atom stereocenters. The molecule has 0 spiro atoms. The Morgan fingerprint density at radius 1 is 0.885 bits per heavy atom. The van der Waals surface area contributed by atoms with Gasteiger partial charge in [-0.25, -0.2) is 0 Å². The van der Waals surface area contributed by atoms with Gasteiger partial charge in [-0.1, -0.05) is 60.7 Å². The van der Waals surface area contributed by atoms with Gasteiger partial charge in [0.1, 0.15) is 5.69 Å². The molecule has 0 radical (unpaired) electrons. The summed E-state index contributed by atoms with van der Waals surface area (Å²) in [7, 11) is 1.75. The van der Waals surface area contributed by atoms with Crippen LogP contribution in [0, 0.1) is 0 Å². The molecule has 4 aromatic rings. The van der Waals surface area contributed by atoms with Gasteiger partial charge in [0.05, 0.1) is 0 Å². The Labute approximate surface area is 150 Å². The third-order valence-electron chi connectivity index (χ3n) is 4.62. The van der Waals surface area contributed by atoms with Gasteiger partial charge in [-0.3, -0.25) is 9.59 Å². The van der Waals surface area contributed by atoms with E-state index in [1.165, 1.54) is 0 Å². The molecular weight excluding hydrogens is 324 g/mol. The Morgan fingerprint density at radius 2 is 1.54 bits per heavy atom. The minimum Gasteiger partial charge on any atom is -0.336 e. The highest BCUT2D eigenvalue weighted by molar-refractivity contribution is 5.96. The number of aromatic nitrogens is 1. The number of amides is 1. The lowest BCUT2D eigenvalue weighted by molar-refractivity contribution is 0.0780. The number of rotatable bonds is 3. The zero-order chi connectivity index (χ0) is 18.1. The second kappa shape index (κ2) is 6.48. The molecule has 0 unspecified atom stereocenters. The molecule has 3 aromatic carbocycles.